The Morgan fingerprint density at radius 2 is 2.08 bits per heavy atom. The van der Waals surface area contributed by atoms with E-state index in [1.165, 1.54) is 0 Å². The Balaban J connectivity index is 2.88. The first-order valence-electron chi connectivity index (χ1n) is 4.48. The zero-order chi connectivity index (χ0) is 10.0. The van der Waals surface area contributed by atoms with Gasteiger partial charge in [0.25, 0.3) is 0 Å². The van der Waals surface area contributed by atoms with E-state index >= 15 is 0 Å². The van der Waals surface area contributed by atoms with Gasteiger partial charge in [0, 0.05) is 6.42 Å². The predicted molar refractivity (Wildman–Crippen MR) is 49.8 cm³/mol. The average molecular weight is 181 g/mol. The van der Waals surface area contributed by atoms with Crippen LogP contribution in [0.4, 0.5) is 0 Å². The molecule has 3 heteroatoms. The minimum absolute atomic E-state index is 0.131. The van der Waals surface area contributed by atoms with Crippen molar-refractivity contribution in [2.45, 2.75) is 34.1 Å². The van der Waals surface area contributed by atoms with Crippen molar-refractivity contribution in [1.82, 2.24) is 5.16 Å². The molecule has 0 spiro atoms. The predicted octanol–water partition coefficient (Wildman–Crippen LogP) is 2.52. The Bertz CT molecular complexity index is 293. The highest BCUT2D eigenvalue weighted by atomic mass is 16.5. The van der Waals surface area contributed by atoms with E-state index in [1.54, 1.807) is 13.8 Å². The highest BCUT2D eigenvalue weighted by molar-refractivity contribution is 5.97. The van der Waals surface area contributed by atoms with E-state index in [1.807, 2.05) is 13.8 Å². The topological polar surface area (TPSA) is 43.1 Å². The van der Waals surface area contributed by atoms with Crippen LogP contribution < -0.4 is 0 Å². The van der Waals surface area contributed by atoms with E-state index in [4.69, 9.17) is 4.52 Å². The van der Waals surface area contributed by atoms with Crippen molar-refractivity contribution in [2.24, 2.45) is 5.92 Å². The molecule has 13 heavy (non-hydrogen) atoms. The normalized spacial score (nSPS) is 10.8. The van der Waals surface area contributed by atoms with Crippen molar-refractivity contribution < 1.29 is 9.32 Å². The number of hydrogen-bond donors (Lipinski definition) is 0. The number of nitrogens with zero attached hydrogens (tertiary/aromatic N) is 1. The molecule has 0 saturated carbocycles. The van der Waals surface area contributed by atoms with Crippen LogP contribution in [0.3, 0.4) is 0 Å². The van der Waals surface area contributed by atoms with E-state index in [2.05, 4.69) is 5.16 Å². The summed E-state index contributed by atoms with van der Waals surface area (Å²) in [5, 5.41) is 3.75. The molecule has 1 rings (SSSR count). The Morgan fingerprint density at radius 3 is 2.46 bits per heavy atom. The van der Waals surface area contributed by atoms with Gasteiger partial charge in [0.1, 0.15) is 5.76 Å². The fourth-order valence-corrected chi connectivity index (χ4v) is 1.35. The monoisotopic (exact) mass is 181 g/mol. The van der Waals surface area contributed by atoms with E-state index in [0.717, 1.165) is 0 Å². The third kappa shape index (κ3) is 2.17. The molecule has 3 nitrogen and oxygen atoms in total. The first kappa shape index (κ1) is 9.96. The summed E-state index contributed by atoms with van der Waals surface area (Å²) in [4.78, 5) is 11.7. The lowest BCUT2D eigenvalue weighted by atomic mass is 10.0. The molecular weight excluding hydrogens is 166 g/mol. The van der Waals surface area contributed by atoms with Crippen molar-refractivity contribution in [3.8, 4) is 0 Å². The van der Waals surface area contributed by atoms with Crippen LogP contribution in [0.15, 0.2) is 4.52 Å². The van der Waals surface area contributed by atoms with Gasteiger partial charge in [-0.15, -0.1) is 0 Å². The second-order valence-corrected chi connectivity index (χ2v) is 3.72. The Labute approximate surface area is 78.1 Å². The summed E-state index contributed by atoms with van der Waals surface area (Å²) in [5.41, 5.74) is 1.36. The van der Waals surface area contributed by atoms with Crippen molar-refractivity contribution in [3.05, 3.63) is 17.0 Å². The van der Waals surface area contributed by atoms with Crippen LogP contribution in [0.25, 0.3) is 0 Å². The molecule has 0 fully saturated rings. The third-order valence-corrected chi connectivity index (χ3v) is 1.91. The summed E-state index contributed by atoms with van der Waals surface area (Å²) in [6, 6.07) is 0. The van der Waals surface area contributed by atoms with Crippen LogP contribution >= 0.6 is 0 Å². The summed E-state index contributed by atoms with van der Waals surface area (Å²) < 4.78 is 4.93. The molecular formula is C10H15NO2. The van der Waals surface area contributed by atoms with E-state index < -0.39 is 0 Å². The van der Waals surface area contributed by atoms with E-state index in [0.29, 0.717) is 29.4 Å². The molecule has 1 aromatic rings. The SMILES string of the molecule is Cc1noc(C)c1C(=O)CC(C)C. The molecule has 0 atom stereocenters. The van der Waals surface area contributed by atoms with Gasteiger partial charge in [-0.3, -0.25) is 4.79 Å². The third-order valence-electron chi connectivity index (χ3n) is 1.91. The van der Waals surface area contributed by atoms with Gasteiger partial charge in [-0.2, -0.15) is 0 Å². The quantitative estimate of drug-likeness (QED) is 0.673. The summed E-state index contributed by atoms with van der Waals surface area (Å²) in [5.74, 6) is 1.13. The molecule has 0 aliphatic heterocycles. The molecule has 0 amide bonds. The number of hydrogen-bond acceptors (Lipinski definition) is 3. The first-order valence-corrected chi connectivity index (χ1v) is 4.48. The zero-order valence-corrected chi connectivity index (χ0v) is 8.55. The minimum Gasteiger partial charge on any atom is -0.361 e. The van der Waals surface area contributed by atoms with Gasteiger partial charge in [0.05, 0.1) is 11.3 Å². The van der Waals surface area contributed by atoms with Gasteiger partial charge in [0.15, 0.2) is 5.78 Å². The summed E-state index contributed by atoms with van der Waals surface area (Å²) in [6.45, 7) is 7.61. The number of aromatic nitrogens is 1. The maximum absolute atomic E-state index is 11.7. The van der Waals surface area contributed by atoms with Gasteiger partial charge in [-0.05, 0) is 19.8 Å². The molecule has 0 radical (unpaired) electrons. The second-order valence-electron chi connectivity index (χ2n) is 3.72. The second kappa shape index (κ2) is 3.73. The van der Waals surface area contributed by atoms with Crippen molar-refractivity contribution in [3.63, 3.8) is 0 Å². The maximum atomic E-state index is 11.7. The van der Waals surface area contributed by atoms with Crippen LogP contribution in [-0.2, 0) is 0 Å². The lowest BCUT2D eigenvalue weighted by Gasteiger charge is -2.02. The fraction of sp³-hybridized carbons (Fsp3) is 0.600. The van der Waals surface area contributed by atoms with Gasteiger partial charge in [0.2, 0.25) is 0 Å². The lowest BCUT2D eigenvalue weighted by molar-refractivity contribution is 0.0966. The maximum Gasteiger partial charge on any atom is 0.168 e. The molecule has 0 aliphatic rings. The highest BCUT2D eigenvalue weighted by Gasteiger charge is 2.17. The molecule has 0 saturated heterocycles. The van der Waals surface area contributed by atoms with Gasteiger partial charge in [-0.1, -0.05) is 19.0 Å². The Morgan fingerprint density at radius 1 is 1.46 bits per heavy atom. The molecule has 0 unspecified atom stereocenters. The molecule has 0 aromatic carbocycles. The molecule has 1 aromatic heterocycles. The number of Topliss-reactive ketones (excluding diaryl/α,β-unsaturated/α-hetero) is 1. The van der Waals surface area contributed by atoms with Gasteiger partial charge in [-0.25, -0.2) is 0 Å². The van der Waals surface area contributed by atoms with Crippen LogP contribution in [0, 0.1) is 19.8 Å². The Hall–Kier alpha value is -1.12. The van der Waals surface area contributed by atoms with Crippen LogP contribution in [0.5, 0.6) is 0 Å². The van der Waals surface area contributed by atoms with E-state index in [-0.39, 0.29) is 5.78 Å². The van der Waals surface area contributed by atoms with Crippen molar-refractivity contribution in [2.75, 3.05) is 0 Å². The molecule has 0 bridgehead atoms. The van der Waals surface area contributed by atoms with E-state index in [9.17, 15) is 4.79 Å². The van der Waals surface area contributed by atoms with Gasteiger partial charge >= 0.3 is 0 Å². The number of ketones is 1. The van der Waals surface area contributed by atoms with Crippen LogP contribution in [0.1, 0.15) is 42.1 Å². The average Bonchev–Trinajstić information content (AvgIpc) is 2.29. The standard InChI is InChI=1S/C10H15NO2/c1-6(2)5-9(12)10-7(3)11-13-8(10)4/h6H,5H2,1-4H3. The number of carbonyl (C=O) groups excluding carboxylic acids is 1. The largest absolute Gasteiger partial charge is 0.361 e. The molecule has 1 heterocycles. The summed E-state index contributed by atoms with van der Waals surface area (Å²) in [7, 11) is 0. The lowest BCUT2D eigenvalue weighted by Crippen LogP contribution is -2.05. The smallest absolute Gasteiger partial charge is 0.168 e. The van der Waals surface area contributed by atoms with Crippen molar-refractivity contribution in [1.29, 1.82) is 0 Å². The number of carbonyl (C=O) groups is 1. The van der Waals surface area contributed by atoms with Crippen LogP contribution in [0.2, 0.25) is 0 Å². The van der Waals surface area contributed by atoms with Crippen LogP contribution in [-0.4, -0.2) is 10.9 Å². The highest BCUT2D eigenvalue weighted by Crippen LogP contribution is 2.16. The molecule has 0 N–H and O–H groups in total. The Kier molecular flexibility index (Phi) is 2.86. The summed E-state index contributed by atoms with van der Waals surface area (Å²) >= 11 is 0. The van der Waals surface area contributed by atoms with Crippen molar-refractivity contribution >= 4 is 5.78 Å². The number of aryl methyl sites for hydroxylation is 2. The zero-order valence-electron chi connectivity index (χ0n) is 8.55. The number of rotatable bonds is 3. The fourth-order valence-electron chi connectivity index (χ4n) is 1.35. The summed E-state index contributed by atoms with van der Waals surface area (Å²) in [6.07, 6.45) is 0.558. The minimum atomic E-state index is 0.131. The van der Waals surface area contributed by atoms with Gasteiger partial charge < -0.3 is 4.52 Å². The molecule has 0 aliphatic carbocycles. The molecule has 72 valence electrons. The first-order chi connectivity index (χ1) is 6.02.